The number of nitrogens with zero attached hydrogens (tertiary/aromatic N) is 1. The van der Waals surface area contributed by atoms with Crippen molar-refractivity contribution in [1.82, 2.24) is 0 Å². The lowest BCUT2D eigenvalue weighted by Gasteiger charge is -2.42. The Bertz CT molecular complexity index is 482. The average Bonchev–Trinajstić information content (AvgIpc) is 2.78. The number of ether oxygens (including phenoxy) is 2. The summed E-state index contributed by atoms with van der Waals surface area (Å²) in [5, 5.41) is 0. The van der Waals surface area contributed by atoms with Gasteiger partial charge in [0.1, 0.15) is 0 Å². The van der Waals surface area contributed by atoms with Crippen LogP contribution in [0, 0.1) is 0 Å². The number of methoxy groups -OCH3 is 2. The van der Waals surface area contributed by atoms with Gasteiger partial charge in [-0.05, 0) is 18.6 Å². The van der Waals surface area contributed by atoms with Gasteiger partial charge in [-0.1, -0.05) is 12.1 Å². The van der Waals surface area contributed by atoms with Crippen molar-refractivity contribution in [1.29, 1.82) is 0 Å². The standard InChI is InChI=1S/C14H17NO3/c1-17-14(18-2)8-7-10-9-13(16)11-5-3-4-6-12(11)15(10)14/h3-6,10H,7-9H2,1-2H3. The molecule has 1 unspecified atom stereocenters. The SMILES string of the molecule is COC1(OC)CCC2CC(=O)c3ccccc3N21. The topological polar surface area (TPSA) is 38.8 Å². The van der Waals surface area contributed by atoms with E-state index in [2.05, 4.69) is 4.90 Å². The van der Waals surface area contributed by atoms with E-state index < -0.39 is 5.91 Å². The number of Topliss-reactive ketones (excluding diaryl/α,β-unsaturated/α-hetero) is 1. The van der Waals surface area contributed by atoms with E-state index in [4.69, 9.17) is 9.47 Å². The Morgan fingerprint density at radius 1 is 1.28 bits per heavy atom. The summed E-state index contributed by atoms with van der Waals surface area (Å²) >= 11 is 0. The van der Waals surface area contributed by atoms with Crippen LogP contribution in [0.5, 0.6) is 0 Å². The molecule has 4 nitrogen and oxygen atoms in total. The molecule has 0 saturated carbocycles. The Morgan fingerprint density at radius 2 is 2.00 bits per heavy atom. The van der Waals surface area contributed by atoms with Gasteiger partial charge in [-0.3, -0.25) is 4.79 Å². The minimum Gasteiger partial charge on any atom is -0.336 e. The normalized spacial score (nSPS) is 24.9. The van der Waals surface area contributed by atoms with Crippen LogP contribution in [0.4, 0.5) is 5.69 Å². The van der Waals surface area contributed by atoms with E-state index in [1.165, 1.54) is 0 Å². The summed E-state index contributed by atoms with van der Waals surface area (Å²) in [6.07, 6.45) is 2.25. The van der Waals surface area contributed by atoms with Gasteiger partial charge in [0.05, 0.1) is 5.69 Å². The van der Waals surface area contributed by atoms with Crippen LogP contribution in [-0.4, -0.2) is 32.0 Å². The predicted octanol–water partition coefficient (Wildman–Crippen LogP) is 2.19. The van der Waals surface area contributed by atoms with Crippen LogP contribution in [0.25, 0.3) is 0 Å². The molecule has 0 aromatic heterocycles. The highest BCUT2D eigenvalue weighted by Gasteiger charge is 2.50. The fraction of sp³-hybridized carbons (Fsp3) is 0.500. The van der Waals surface area contributed by atoms with Crippen molar-refractivity contribution >= 4 is 11.5 Å². The number of carbonyl (C=O) groups excluding carboxylic acids is 1. The van der Waals surface area contributed by atoms with Gasteiger partial charge < -0.3 is 14.4 Å². The highest BCUT2D eigenvalue weighted by molar-refractivity contribution is 6.04. The Kier molecular flexibility index (Phi) is 2.64. The summed E-state index contributed by atoms with van der Waals surface area (Å²) in [5.74, 6) is -0.503. The molecule has 4 heteroatoms. The second kappa shape index (κ2) is 4.07. The van der Waals surface area contributed by atoms with Crippen molar-refractivity contribution < 1.29 is 14.3 Å². The number of hydrogen-bond acceptors (Lipinski definition) is 4. The van der Waals surface area contributed by atoms with Crippen LogP contribution in [-0.2, 0) is 9.47 Å². The first-order valence-corrected chi connectivity index (χ1v) is 6.24. The van der Waals surface area contributed by atoms with Crippen LogP contribution in [0.1, 0.15) is 29.6 Å². The van der Waals surface area contributed by atoms with Gasteiger partial charge in [0.25, 0.3) is 5.91 Å². The third-order valence-electron chi connectivity index (χ3n) is 4.05. The molecule has 3 rings (SSSR count). The van der Waals surface area contributed by atoms with Gasteiger partial charge in [0.2, 0.25) is 0 Å². The van der Waals surface area contributed by atoms with Gasteiger partial charge >= 0.3 is 0 Å². The smallest absolute Gasteiger partial charge is 0.251 e. The third-order valence-corrected chi connectivity index (χ3v) is 4.05. The van der Waals surface area contributed by atoms with E-state index in [1.54, 1.807) is 14.2 Å². The largest absolute Gasteiger partial charge is 0.336 e. The molecule has 96 valence electrons. The Morgan fingerprint density at radius 3 is 2.72 bits per heavy atom. The predicted molar refractivity (Wildman–Crippen MR) is 67.6 cm³/mol. The van der Waals surface area contributed by atoms with Crippen molar-refractivity contribution in [2.24, 2.45) is 0 Å². The number of fused-ring (bicyclic) bond motifs is 3. The number of benzene rings is 1. The lowest BCUT2D eigenvalue weighted by atomic mass is 9.95. The molecule has 1 atom stereocenters. The van der Waals surface area contributed by atoms with Crippen LogP contribution in [0.2, 0.25) is 0 Å². The first-order valence-electron chi connectivity index (χ1n) is 6.24. The van der Waals surface area contributed by atoms with E-state index in [1.807, 2.05) is 24.3 Å². The van der Waals surface area contributed by atoms with E-state index in [-0.39, 0.29) is 11.8 Å². The molecule has 0 radical (unpaired) electrons. The van der Waals surface area contributed by atoms with Crippen molar-refractivity contribution in [3.8, 4) is 0 Å². The zero-order chi connectivity index (χ0) is 12.8. The molecular formula is C14H17NO3. The molecule has 1 fully saturated rings. The zero-order valence-corrected chi connectivity index (χ0v) is 10.7. The molecule has 0 N–H and O–H groups in total. The second-order valence-electron chi connectivity index (χ2n) is 4.83. The van der Waals surface area contributed by atoms with Crippen molar-refractivity contribution in [3.05, 3.63) is 29.8 Å². The van der Waals surface area contributed by atoms with Crippen LogP contribution < -0.4 is 4.90 Å². The van der Waals surface area contributed by atoms with E-state index >= 15 is 0 Å². The lowest BCUT2D eigenvalue weighted by Crippen LogP contribution is -2.53. The molecule has 2 aliphatic heterocycles. The number of anilines is 1. The van der Waals surface area contributed by atoms with Gasteiger partial charge in [-0.25, -0.2) is 0 Å². The maximum absolute atomic E-state index is 12.1. The number of hydrogen-bond donors (Lipinski definition) is 0. The quantitative estimate of drug-likeness (QED) is 0.751. The third kappa shape index (κ3) is 1.42. The highest BCUT2D eigenvalue weighted by atomic mass is 16.7. The second-order valence-corrected chi connectivity index (χ2v) is 4.83. The van der Waals surface area contributed by atoms with Crippen molar-refractivity contribution in [2.75, 3.05) is 19.1 Å². The van der Waals surface area contributed by atoms with Crippen LogP contribution in [0.3, 0.4) is 0 Å². The molecule has 2 heterocycles. The molecular weight excluding hydrogens is 230 g/mol. The summed E-state index contributed by atoms with van der Waals surface area (Å²) in [6.45, 7) is 0. The fourth-order valence-corrected chi connectivity index (χ4v) is 3.18. The first-order chi connectivity index (χ1) is 8.72. The lowest BCUT2D eigenvalue weighted by molar-refractivity contribution is -0.198. The van der Waals surface area contributed by atoms with E-state index in [0.29, 0.717) is 6.42 Å². The van der Waals surface area contributed by atoms with E-state index in [9.17, 15) is 4.79 Å². The number of ketones is 1. The molecule has 1 aromatic carbocycles. The summed E-state index contributed by atoms with van der Waals surface area (Å²) in [5.41, 5.74) is 1.70. The van der Waals surface area contributed by atoms with Crippen LogP contribution in [0.15, 0.2) is 24.3 Å². The minimum atomic E-state index is -0.721. The van der Waals surface area contributed by atoms with Crippen molar-refractivity contribution in [3.63, 3.8) is 0 Å². The maximum atomic E-state index is 12.1. The average molecular weight is 247 g/mol. The molecule has 2 aliphatic rings. The molecule has 1 saturated heterocycles. The maximum Gasteiger partial charge on any atom is 0.251 e. The number of rotatable bonds is 2. The Balaban J connectivity index is 2.13. The monoisotopic (exact) mass is 247 g/mol. The highest BCUT2D eigenvalue weighted by Crippen LogP contribution is 2.45. The summed E-state index contributed by atoms with van der Waals surface area (Å²) in [7, 11) is 3.32. The molecule has 0 aliphatic carbocycles. The number of carbonyl (C=O) groups is 1. The minimum absolute atomic E-state index is 0.187. The summed E-state index contributed by atoms with van der Waals surface area (Å²) < 4.78 is 11.2. The molecule has 0 spiro atoms. The van der Waals surface area contributed by atoms with Crippen molar-refractivity contribution in [2.45, 2.75) is 31.2 Å². The molecule has 18 heavy (non-hydrogen) atoms. The zero-order valence-electron chi connectivity index (χ0n) is 10.7. The molecule has 0 bridgehead atoms. The Hall–Kier alpha value is -1.39. The summed E-state index contributed by atoms with van der Waals surface area (Å²) in [4.78, 5) is 14.2. The van der Waals surface area contributed by atoms with Crippen LogP contribution >= 0.6 is 0 Å². The molecule has 1 aromatic rings. The van der Waals surface area contributed by atoms with Gasteiger partial charge in [-0.15, -0.1) is 0 Å². The molecule has 0 amide bonds. The fourth-order valence-electron chi connectivity index (χ4n) is 3.18. The van der Waals surface area contributed by atoms with Gasteiger partial charge in [-0.2, -0.15) is 0 Å². The van der Waals surface area contributed by atoms with Gasteiger partial charge in [0, 0.05) is 38.7 Å². The Labute approximate surface area is 106 Å². The first kappa shape index (κ1) is 11.7. The van der Waals surface area contributed by atoms with Gasteiger partial charge in [0.15, 0.2) is 5.78 Å². The number of para-hydroxylation sites is 1. The van der Waals surface area contributed by atoms with E-state index in [0.717, 1.165) is 24.1 Å². The summed E-state index contributed by atoms with van der Waals surface area (Å²) in [6, 6.07) is 7.88.